The molecule has 1 heterocycles. The van der Waals surface area contributed by atoms with Crippen molar-refractivity contribution in [3.8, 4) is 0 Å². The summed E-state index contributed by atoms with van der Waals surface area (Å²) < 4.78 is 10.3. The van der Waals surface area contributed by atoms with Gasteiger partial charge in [-0.1, -0.05) is 0 Å². The Labute approximate surface area is 179 Å². The van der Waals surface area contributed by atoms with Gasteiger partial charge in [0.1, 0.15) is 5.00 Å². The van der Waals surface area contributed by atoms with Gasteiger partial charge in [-0.15, -0.1) is 11.3 Å². The van der Waals surface area contributed by atoms with Crippen LogP contribution in [0.15, 0.2) is 24.3 Å². The molecule has 2 N–H and O–H groups in total. The third-order valence-corrected chi connectivity index (χ3v) is 5.94. The Balaban J connectivity index is 1.73. The van der Waals surface area contributed by atoms with Crippen LogP contribution in [0, 0.1) is 0 Å². The quantitative estimate of drug-likeness (QED) is 0.502. The number of thiocarbonyl (C=S) groups is 1. The average molecular weight is 433 g/mol. The zero-order valence-electron chi connectivity index (χ0n) is 16.5. The van der Waals surface area contributed by atoms with Gasteiger partial charge in [-0.3, -0.25) is 0 Å². The van der Waals surface area contributed by atoms with Gasteiger partial charge in [-0.25, -0.2) is 9.59 Å². The van der Waals surface area contributed by atoms with Gasteiger partial charge < -0.3 is 20.1 Å². The van der Waals surface area contributed by atoms with Crippen molar-refractivity contribution in [3.63, 3.8) is 0 Å². The first-order chi connectivity index (χ1) is 14.0. The Morgan fingerprint density at radius 2 is 1.66 bits per heavy atom. The van der Waals surface area contributed by atoms with Crippen molar-refractivity contribution in [2.75, 3.05) is 23.8 Å². The predicted octanol–water partition coefficient (Wildman–Crippen LogP) is 4.79. The molecular formula is C21H24N2O4S2. The number of carbonyl (C=O) groups excluding carboxylic acids is 2. The fraction of sp³-hybridized carbons (Fsp3) is 0.381. The molecular weight excluding hydrogens is 408 g/mol. The van der Waals surface area contributed by atoms with Crippen LogP contribution in [0.4, 0.5) is 10.7 Å². The maximum Gasteiger partial charge on any atom is 0.341 e. The molecule has 2 aromatic rings. The minimum Gasteiger partial charge on any atom is -0.462 e. The number of thiophene rings is 1. The fourth-order valence-corrected chi connectivity index (χ4v) is 4.81. The van der Waals surface area contributed by atoms with E-state index in [1.165, 1.54) is 4.88 Å². The molecule has 0 spiro atoms. The molecule has 0 saturated carbocycles. The minimum atomic E-state index is -0.358. The van der Waals surface area contributed by atoms with E-state index in [0.717, 1.165) is 41.9 Å². The highest BCUT2D eigenvalue weighted by Gasteiger charge is 2.26. The molecule has 8 heteroatoms. The second-order valence-corrected chi connectivity index (χ2v) is 8.03. The standard InChI is InChI=1S/C21H24N2O4S2/c1-3-26-19(24)13-9-11-14(12-10-13)22-21(28)23-18-17(20(25)27-4-2)15-7-5-6-8-16(15)29-18/h9-12H,3-8H2,1-2H3,(H2,22,23,28). The van der Waals surface area contributed by atoms with Gasteiger partial charge in [0.25, 0.3) is 0 Å². The lowest BCUT2D eigenvalue weighted by Crippen LogP contribution is -2.20. The van der Waals surface area contributed by atoms with Crippen LogP contribution in [-0.4, -0.2) is 30.3 Å². The molecule has 0 unspecified atom stereocenters. The van der Waals surface area contributed by atoms with Crippen LogP contribution in [0.1, 0.15) is 57.8 Å². The largest absolute Gasteiger partial charge is 0.462 e. The molecule has 0 fully saturated rings. The summed E-state index contributed by atoms with van der Waals surface area (Å²) in [5.41, 5.74) is 2.90. The lowest BCUT2D eigenvalue weighted by molar-refractivity contribution is 0.0517. The summed E-state index contributed by atoms with van der Waals surface area (Å²) in [6.07, 6.45) is 4.07. The molecule has 6 nitrogen and oxygen atoms in total. The van der Waals surface area contributed by atoms with Gasteiger partial charge in [0.15, 0.2) is 5.11 Å². The zero-order chi connectivity index (χ0) is 20.8. The number of hydrogen-bond donors (Lipinski definition) is 2. The highest BCUT2D eigenvalue weighted by atomic mass is 32.1. The average Bonchev–Trinajstić information content (AvgIpc) is 3.06. The SMILES string of the molecule is CCOC(=O)c1ccc(NC(=S)Nc2sc3c(c2C(=O)OCC)CCCC3)cc1. The minimum absolute atomic E-state index is 0.309. The van der Waals surface area contributed by atoms with Gasteiger partial charge >= 0.3 is 11.9 Å². The van der Waals surface area contributed by atoms with Crippen LogP contribution < -0.4 is 10.6 Å². The fourth-order valence-electron chi connectivity index (χ4n) is 3.24. The molecule has 1 aromatic heterocycles. The van der Waals surface area contributed by atoms with E-state index < -0.39 is 0 Å². The number of nitrogens with one attached hydrogen (secondary N) is 2. The predicted molar refractivity (Wildman–Crippen MR) is 119 cm³/mol. The number of rotatable bonds is 6. The molecule has 0 amide bonds. The molecule has 29 heavy (non-hydrogen) atoms. The zero-order valence-corrected chi connectivity index (χ0v) is 18.1. The van der Waals surface area contributed by atoms with Gasteiger partial charge in [0, 0.05) is 10.6 Å². The van der Waals surface area contributed by atoms with Crippen LogP contribution in [0.2, 0.25) is 0 Å². The van der Waals surface area contributed by atoms with Crippen LogP contribution >= 0.6 is 23.6 Å². The van der Waals surface area contributed by atoms with Crippen LogP contribution in [0.5, 0.6) is 0 Å². The summed E-state index contributed by atoms with van der Waals surface area (Å²) in [4.78, 5) is 25.5. The first kappa shape index (κ1) is 21.3. The van der Waals surface area contributed by atoms with Crippen molar-refractivity contribution in [3.05, 3.63) is 45.8 Å². The smallest absolute Gasteiger partial charge is 0.341 e. The molecule has 3 rings (SSSR count). The molecule has 0 aliphatic heterocycles. The number of benzene rings is 1. The molecule has 0 bridgehead atoms. The number of esters is 2. The van der Waals surface area contributed by atoms with E-state index >= 15 is 0 Å². The van der Waals surface area contributed by atoms with Crippen molar-refractivity contribution in [2.45, 2.75) is 39.5 Å². The number of hydrogen-bond acceptors (Lipinski definition) is 6. The normalized spacial score (nSPS) is 12.6. The Bertz CT molecular complexity index is 906. The van der Waals surface area contributed by atoms with E-state index in [4.69, 9.17) is 21.7 Å². The van der Waals surface area contributed by atoms with Crippen molar-refractivity contribution in [1.29, 1.82) is 0 Å². The highest BCUT2D eigenvalue weighted by molar-refractivity contribution is 7.80. The van der Waals surface area contributed by atoms with Crippen molar-refractivity contribution in [1.82, 2.24) is 0 Å². The second-order valence-electron chi connectivity index (χ2n) is 6.51. The highest BCUT2D eigenvalue weighted by Crippen LogP contribution is 2.38. The molecule has 0 radical (unpaired) electrons. The van der Waals surface area contributed by atoms with E-state index in [1.54, 1.807) is 49.4 Å². The molecule has 1 aliphatic rings. The Hall–Kier alpha value is -2.45. The van der Waals surface area contributed by atoms with E-state index in [1.807, 2.05) is 0 Å². The van der Waals surface area contributed by atoms with E-state index in [2.05, 4.69) is 10.6 Å². The Kier molecular flexibility index (Phi) is 7.22. The summed E-state index contributed by atoms with van der Waals surface area (Å²) >= 11 is 7.00. The lowest BCUT2D eigenvalue weighted by atomic mass is 9.95. The van der Waals surface area contributed by atoms with Gasteiger partial charge in [0.2, 0.25) is 0 Å². The van der Waals surface area contributed by atoms with Gasteiger partial charge in [0.05, 0.1) is 24.3 Å². The summed E-state index contributed by atoms with van der Waals surface area (Å²) in [7, 11) is 0. The van der Waals surface area contributed by atoms with Crippen LogP contribution in [0.3, 0.4) is 0 Å². The third-order valence-electron chi connectivity index (χ3n) is 4.53. The monoisotopic (exact) mass is 432 g/mol. The number of anilines is 2. The first-order valence-corrected chi connectivity index (χ1v) is 10.9. The maximum absolute atomic E-state index is 12.5. The molecule has 154 valence electrons. The van der Waals surface area contributed by atoms with E-state index in [-0.39, 0.29) is 11.9 Å². The molecule has 1 aliphatic carbocycles. The van der Waals surface area contributed by atoms with Gasteiger partial charge in [-0.05, 0) is 81.6 Å². The summed E-state index contributed by atoms with van der Waals surface area (Å²) in [6, 6.07) is 6.87. The molecule has 1 aromatic carbocycles. The van der Waals surface area contributed by atoms with Crippen LogP contribution in [0.25, 0.3) is 0 Å². The Morgan fingerprint density at radius 1 is 1.00 bits per heavy atom. The topological polar surface area (TPSA) is 76.7 Å². The third kappa shape index (κ3) is 5.13. The summed E-state index contributed by atoms with van der Waals surface area (Å²) in [6.45, 7) is 4.24. The number of ether oxygens (including phenoxy) is 2. The summed E-state index contributed by atoms with van der Waals surface area (Å²) in [5.74, 6) is -0.668. The first-order valence-electron chi connectivity index (χ1n) is 9.70. The van der Waals surface area contributed by atoms with E-state index in [0.29, 0.717) is 29.5 Å². The number of fused-ring (bicyclic) bond motifs is 1. The summed E-state index contributed by atoms with van der Waals surface area (Å²) in [5, 5.41) is 7.34. The lowest BCUT2D eigenvalue weighted by Gasteiger charge is -2.13. The van der Waals surface area contributed by atoms with E-state index in [9.17, 15) is 9.59 Å². The maximum atomic E-state index is 12.5. The second kappa shape index (κ2) is 9.84. The van der Waals surface area contributed by atoms with Crippen LogP contribution in [-0.2, 0) is 22.3 Å². The molecule has 0 saturated heterocycles. The number of aryl methyl sites for hydroxylation is 1. The Morgan fingerprint density at radius 3 is 2.34 bits per heavy atom. The van der Waals surface area contributed by atoms with Crippen molar-refractivity contribution < 1.29 is 19.1 Å². The van der Waals surface area contributed by atoms with Gasteiger partial charge in [-0.2, -0.15) is 0 Å². The van der Waals surface area contributed by atoms with Crippen molar-refractivity contribution >= 4 is 51.3 Å². The molecule has 0 atom stereocenters. The van der Waals surface area contributed by atoms with Crippen molar-refractivity contribution in [2.24, 2.45) is 0 Å². The number of carbonyl (C=O) groups is 2.